The third-order valence-corrected chi connectivity index (χ3v) is 2.23. The predicted octanol–water partition coefficient (Wildman–Crippen LogP) is 2.30. The largest absolute Gasteiger partial charge is 0.368 e. The minimum Gasteiger partial charge on any atom is -0.368 e. The van der Waals surface area contributed by atoms with E-state index in [9.17, 15) is 4.39 Å². The topological polar surface area (TPSA) is 76.7 Å². The summed E-state index contributed by atoms with van der Waals surface area (Å²) >= 11 is 5.61. The number of hydrogen-bond donors (Lipinski definition) is 2. The molecule has 0 amide bonds. The van der Waals surface area contributed by atoms with Gasteiger partial charge in [-0.3, -0.25) is 0 Å². The smallest absolute Gasteiger partial charge is 0.233 e. The number of nitrogens with two attached hydrogens (primary N) is 1. The number of aromatic nitrogens is 3. The summed E-state index contributed by atoms with van der Waals surface area (Å²) in [5, 5.41) is 2.64. The maximum atomic E-state index is 13.7. The van der Waals surface area contributed by atoms with E-state index in [1.165, 1.54) is 0 Å². The van der Waals surface area contributed by atoms with Crippen LogP contribution in [-0.4, -0.2) is 15.0 Å². The lowest BCUT2D eigenvalue weighted by molar-refractivity contribution is 0.622. The lowest BCUT2D eigenvalue weighted by Crippen LogP contribution is -2.04. The maximum absolute atomic E-state index is 13.7. The molecule has 7 heteroatoms. The molecule has 0 saturated carbocycles. The quantitative estimate of drug-likeness (QED) is 0.859. The predicted molar refractivity (Wildman–Crippen MR) is 63.7 cm³/mol. The van der Waals surface area contributed by atoms with Crippen molar-refractivity contribution in [2.24, 2.45) is 0 Å². The summed E-state index contributed by atoms with van der Waals surface area (Å²) in [6, 6.07) is 4.94. The summed E-state index contributed by atoms with van der Waals surface area (Å²) in [6.07, 6.45) is 0. The van der Waals surface area contributed by atoms with E-state index in [4.69, 9.17) is 17.3 Å². The van der Waals surface area contributed by atoms with Crippen LogP contribution in [0.3, 0.4) is 0 Å². The van der Waals surface area contributed by atoms with Gasteiger partial charge in [-0.15, -0.1) is 0 Å². The van der Waals surface area contributed by atoms with Crippen molar-refractivity contribution in [3.63, 3.8) is 0 Å². The molecule has 0 spiro atoms. The number of anilines is 3. The Morgan fingerprint density at radius 1 is 1.29 bits per heavy atom. The zero-order chi connectivity index (χ0) is 12.4. The number of benzene rings is 1. The van der Waals surface area contributed by atoms with E-state index in [0.717, 1.165) is 0 Å². The fourth-order valence-corrected chi connectivity index (χ4v) is 1.45. The van der Waals surface area contributed by atoms with Crippen LogP contribution in [-0.2, 0) is 0 Å². The van der Waals surface area contributed by atoms with E-state index in [2.05, 4.69) is 20.3 Å². The van der Waals surface area contributed by atoms with Crippen LogP contribution in [0.1, 0.15) is 5.56 Å². The second-order valence-corrected chi connectivity index (χ2v) is 3.69. The van der Waals surface area contributed by atoms with Gasteiger partial charge in [0.15, 0.2) is 0 Å². The molecular formula is C10H9ClFN5. The monoisotopic (exact) mass is 253 g/mol. The molecule has 88 valence electrons. The Hall–Kier alpha value is -1.95. The highest BCUT2D eigenvalue weighted by molar-refractivity contribution is 6.28. The van der Waals surface area contributed by atoms with Crippen molar-refractivity contribution in [2.75, 3.05) is 11.1 Å². The minimum absolute atomic E-state index is 0.0273. The van der Waals surface area contributed by atoms with E-state index in [1.54, 1.807) is 25.1 Å². The Balaban J connectivity index is 2.34. The fraction of sp³-hybridized carbons (Fsp3) is 0.100. The van der Waals surface area contributed by atoms with Gasteiger partial charge < -0.3 is 11.1 Å². The molecule has 0 atom stereocenters. The molecule has 2 rings (SSSR count). The van der Waals surface area contributed by atoms with Gasteiger partial charge in [-0.2, -0.15) is 15.0 Å². The molecular weight excluding hydrogens is 245 g/mol. The van der Waals surface area contributed by atoms with E-state index in [0.29, 0.717) is 5.56 Å². The molecule has 5 nitrogen and oxygen atoms in total. The highest BCUT2D eigenvalue weighted by Gasteiger charge is 2.07. The summed E-state index contributed by atoms with van der Waals surface area (Å²) in [6.45, 7) is 1.66. The molecule has 1 aromatic carbocycles. The van der Waals surface area contributed by atoms with Gasteiger partial charge in [0.25, 0.3) is 0 Å². The SMILES string of the molecule is Cc1cccc(Nc2nc(N)nc(Cl)n2)c1F. The van der Waals surface area contributed by atoms with Crippen molar-refractivity contribution >= 4 is 29.2 Å². The fourth-order valence-electron chi connectivity index (χ4n) is 1.29. The first-order valence-corrected chi connectivity index (χ1v) is 5.13. The van der Waals surface area contributed by atoms with E-state index >= 15 is 0 Å². The summed E-state index contributed by atoms with van der Waals surface area (Å²) in [7, 11) is 0. The molecule has 0 radical (unpaired) electrons. The third-order valence-electron chi connectivity index (χ3n) is 2.06. The van der Waals surface area contributed by atoms with Gasteiger partial charge in [0, 0.05) is 0 Å². The molecule has 17 heavy (non-hydrogen) atoms. The number of nitrogens with zero attached hydrogens (tertiary/aromatic N) is 3. The van der Waals surface area contributed by atoms with Crippen molar-refractivity contribution < 1.29 is 4.39 Å². The highest BCUT2D eigenvalue weighted by atomic mass is 35.5. The molecule has 0 fully saturated rings. The first kappa shape index (κ1) is 11.5. The van der Waals surface area contributed by atoms with Crippen LogP contribution in [0.4, 0.5) is 22.0 Å². The Morgan fingerprint density at radius 2 is 2.06 bits per heavy atom. The molecule has 3 N–H and O–H groups in total. The zero-order valence-electron chi connectivity index (χ0n) is 8.91. The second-order valence-electron chi connectivity index (χ2n) is 3.35. The maximum Gasteiger partial charge on any atom is 0.233 e. The van der Waals surface area contributed by atoms with Crippen LogP contribution in [0.2, 0.25) is 5.28 Å². The highest BCUT2D eigenvalue weighted by Crippen LogP contribution is 2.20. The minimum atomic E-state index is -0.373. The number of nitrogen functional groups attached to an aromatic ring is 1. The van der Waals surface area contributed by atoms with Crippen molar-refractivity contribution in [2.45, 2.75) is 6.92 Å². The Kier molecular flexibility index (Phi) is 3.06. The number of aryl methyl sites for hydroxylation is 1. The number of halogens is 2. The van der Waals surface area contributed by atoms with E-state index < -0.39 is 0 Å². The van der Waals surface area contributed by atoms with Crippen molar-refractivity contribution in [3.05, 3.63) is 34.9 Å². The van der Waals surface area contributed by atoms with Crippen LogP contribution in [0.5, 0.6) is 0 Å². The van der Waals surface area contributed by atoms with Gasteiger partial charge in [-0.1, -0.05) is 12.1 Å². The number of hydrogen-bond acceptors (Lipinski definition) is 5. The first-order valence-electron chi connectivity index (χ1n) is 4.75. The molecule has 0 bridgehead atoms. The molecule has 0 aliphatic rings. The van der Waals surface area contributed by atoms with Gasteiger partial charge >= 0.3 is 0 Å². The van der Waals surface area contributed by atoms with Crippen LogP contribution < -0.4 is 11.1 Å². The molecule has 2 aromatic rings. The standard InChI is InChI=1S/C10H9ClFN5/c1-5-3-2-4-6(7(5)12)14-10-16-8(11)15-9(13)17-10/h2-4H,1H3,(H3,13,14,15,16,17). The Morgan fingerprint density at radius 3 is 2.76 bits per heavy atom. The molecule has 0 saturated heterocycles. The van der Waals surface area contributed by atoms with Crippen molar-refractivity contribution in [1.29, 1.82) is 0 Å². The molecule has 0 unspecified atom stereocenters. The molecule has 1 aromatic heterocycles. The summed E-state index contributed by atoms with van der Waals surface area (Å²) in [5.41, 5.74) is 6.17. The van der Waals surface area contributed by atoms with Crippen LogP contribution >= 0.6 is 11.6 Å². The zero-order valence-corrected chi connectivity index (χ0v) is 9.66. The molecule has 1 heterocycles. The molecule has 0 aliphatic heterocycles. The average molecular weight is 254 g/mol. The average Bonchev–Trinajstić information content (AvgIpc) is 2.23. The summed E-state index contributed by atoms with van der Waals surface area (Å²) < 4.78 is 13.7. The van der Waals surface area contributed by atoms with E-state index in [1.807, 2.05) is 0 Å². The lowest BCUT2D eigenvalue weighted by Gasteiger charge is -2.07. The van der Waals surface area contributed by atoms with Crippen molar-refractivity contribution in [3.8, 4) is 0 Å². The van der Waals surface area contributed by atoms with Gasteiger partial charge in [0.2, 0.25) is 17.2 Å². The lowest BCUT2D eigenvalue weighted by atomic mass is 10.2. The van der Waals surface area contributed by atoms with Gasteiger partial charge in [-0.25, -0.2) is 4.39 Å². The van der Waals surface area contributed by atoms with Crippen LogP contribution in [0.25, 0.3) is 0 Å². The number of rotatable bonds is 2. The van der Waals surface area contributed by atoms with Gasteiger partial charge in [-0.05, 0) is 30.2 Å². The van der Waals surface area contributed by atoms with Crippen LogP contribution in [0.15, 0.2) is 18.2 Å². The Labute approximate surface area is 102 Å². The van der Waals surface area contributed by atoms with Crippen molar-refractivity contribution in [1.82, 2.24) is 15.0 Å². The summed E-state index contributed by atoms with van der Waals surface area (Å²) in [4.78, 5) is 11.2. The Bertz CT molecular complexity index is 540. The number of nitrogens with one attached hydrogen (secondary N) is 1. The normalized spacial score (nSPS) is 10.3. The molecule has 0 aliphatic carbocycles. The third kappa shape index (κ3) is 2.59. The first-order chi connectivity index (χ1) is 8.06. The van der Waals surface area contributed by atoms with E-state index in [-0.39, 0.29) is 28.7 Å². The van der Waals surface area contributed by atoms with Gasteiger partial charge in [0.05, 0.1) is 5.69 Å². The van der Waals surface area contributed by atoms with Gasteiger partial charge in [0.1, 0.15) is 5.82 Å². The second kappa shape index (κ2) is 4.50. The van der Waals surface area contributed by atoms with Crippen LogP contribution in [0, 0.1) is 12.7 Å². The summed E-state index contributed by atoms with van der Waals surface area (Å²) in [5.74, 6) is -0.296.